The van der Waals surface area contributed by atoms with Gasteiger partial charge in [-0.25, -0.2) is 13.1 Å². The number of sulfonamides is 1. The highest BCUT2D eigenvalue weighted by atomic mass is 32.2. The van der Waals surface area contributed by atoms with E-state index in [4.69, 9.17) is 0 Å². The number of carbonyl (C=O) groups excluding carboxylic acids is 1. The maximum Gasteiger partial charge on any atom is 0.222 e. The Balaban J connectivity index is 1.68. The van der Waals surface area contributed by atoms with Crippen LogP contribution < -0.4 is 10.0 Å². The zero-order chi connectivity index (χ0) is 16.0. The third-order valence-electron chi connectivity index (χ3n) is 4.60. The topological polar surface area (TPSA) is 78.5 Å². The fourth-order valence-electron chi connectivity index (χ4n) is 3.27. The minimum Gasteiger partial charge on any atom is -0.343 e. The second-order valence-corrected chi connectivity index (χ2v) is 8.36. The van der Waals surface area contributed by atoms with Gasteiger partial charge in [0.25, 0.3) is 0 Å². The van der Waals surface area contributed by atoms with E-state index in [9.17, 15) is 13.2 Å². The Hall–Kier alpha value is -0.660. The Labute approximate surface area is 134 Å². The third kappa shape index (κ3) is 5.52. The monoisotopic (exact) mass is 331 g/mol. The Morgan fingerprint density at radius 2 is 2.00 bits per heavy atom. The van der Waals surface area contributed by atoms with Crippen molar-refractivity contribution >= 4 is 15.9 Å². The molecule has 2 fully saturated rings. The first-order valence-electron chi connectivity index (χ1n) is 8.48. The molecule has 0 bridgehead atoms. The normalized spacial score (nSPS) is 23.9. The van der Waals surface area contributed by atoms with Gasteiger partial charge in [-0.1, -0.05) is 6.92 Å². The number of carbonyl (C=O) groups is 1. The molecule has 0 aliphatic carbocycles. The summed E-state index contributed by atoms with van der Waals surface area (Å²) in [6, 6.07) is -0.0142. The fraction of sp³-hybridized carbons (Fsp3) is 0.933. The summed E-state index contributed by atoms with van der Waals surface area (Å²) in [5.41, 5.74) is 0. The first-order chi connectivity index (χ1) is 10.5. The molecule has 2 heterocycles. The summed E-state index contributed by atoms with van der Waals surface area (Å²) in [7, 11) is -3.15. The van der Waals surface area contributed by atoms with Gasteiger partial charge in [-0.3, -0.25) is 4.79 Å². The van der Waals surface area contributed by atoms with Crippen LogP contribution in [0.2, 0.25) is 0 Å². The van der Waals surface area contributed by atoms with E-state index in [1.807, 2.05) is 11.8 Å². The summed E-state index contributed by atoms with van der Waals surface area (Å²) in [6.07, 6.45) is 4.84. The highest BCUT2D eigenvalue weighted by Crippen LogP contribution is 2.17. The number of likely N-dealkylation sites (tertiary alicyclic amines) is 1. The summed E-state index contributed by atoms with van der Waals surface area (Å²) in [6.45, 7) is 5.30. The molecule has 2 rings (SSSR count). The van der Waals surface area contributed by atoms with Gasteiger partial charge >= 0.3 is 0 Å². The first-order valence-corrected chi connectivity index (χ1v) is 10.1. The van der Waals surface area contributed by atoms with E-state index in [-0.39, 0.29) is 17.7 Å². The van der Waals surface area contributed by atoms with E-state index in [0.717, 1.165) is 32.4 Å². The van der Waals surface area contributed by atoms with Gasteiger partial charge in [0.15, 0.2) is 0 Å². The summed E-state index contributed by atoms with van der Waals surface area (Å²) in [4.78, 5) is 14.1. The molecule has 7 heteroatoms. The van der Waals surface area contributed by atoms with Crippen molar-refractivity contribution < 1.29 is 13.2 Å². The Morgan fingerprint density at radius 3 is 2.59 bits per heavy atom. The number of piperidine rings is 1. The molecule has 0 saturated carbocycles. The van der Waals surface area contributed by atoms with Crippen molar-refractivity contribution in [3.8, 4) is 0 Å². The molecule has 1 atom stereocenters. The van der Waals surface area contributed by atoms with Gasteiger partial charge < -0.3 is 10.2 Å². The second-order valence-electron chi connectivity index (χ2n) is 6.49. The largest absolute Gasteiger partial charge is 0.343 e. The van der Waals surface area contributed by atoms with Crippen LogP contribution in [0.25, 0.3) is 0 Å². The van der Waals surface area contributed by atoms with Crippen molar-refractivity contribution in [3.63, 3.8) is 0 Å². The molecule has 0 aromatic rings. The van der Waals surface area contributed by atoms with Crippen LogP contribution in [0.1, 0.15) is 45.4 Å². The molecule has 2 saturated heterocycles. The van der Waals surface area contributed by atoms with E-state index >= 15 is 0 Å². The maximum absolute atomic E-state index is 12.2. The lowest BCUT2D eigenvalue weighted by Crippen LogP contribution is -2.47. The molecule has 0 aromatic carbocycles. The molecular formula is C15H29N3O3S. The quantitative estimate of drug-likeness (QED) is 0.720. The maximum atomic E-state index is 12.2. The Morgan fingerprint density at radius 1 is 1.27 bits per heavy atom. The van der Waals surface area contributed by atoms with Crippen LogP contribution >= 0.6 is 0 Å². The van der Waals surface area contributed by atoms with Crippen molar-refractivity contribution in [2.24, 2.45) is 5.92 Å². The van der Waals surface area contributed by atoms with Gasteiger partial charge in [-0.15, -0.1) is 0 Å². The van der Waals surface area contributed by atoms with Crippen molar-refractivity contribution in [2.75, 3.05) is 31.9 Å². The highest BCUT2D eigenvalue weighted by molar-refractivity contribution is 7.89. The molecule has 22 heavy (non-hydrogen) atoms. The van der Waals surface area contributed by atoms with Crippen LogP contribution in [-0.4, -0.2) is 57.2 Å². The van der Waals surface area contributed by atoms with Gasteiger partial charge in [0, 0.05) is 25.6 Å². The summed E-state index contributed by atoms with van der Waals surface area (Å²) in [5.74, 6) is 1.05. The van der Waals surface area contributed by atoms with E-state index in [2.05, 4.69) is 10.0 Å². The van der Waals surface area contributed by atoms with Gasteiger partial charge in [-0.05, 0) is 51.1 Å². The van der Waals surface area contributed by atoms with Crippen molar-refractivity contribution in [2.45, 2.75) is 51.5 Å². The van der Waals surface area contributed by atoms with Gasteiger partial charge in [0.2, 0.25) is 15.9 Å². The lowest BCUT2D eigenvalue weighted by Gasteiger charge is -2.32. The molecule has 128 valence electrons. The van der Waals surface area contributed by atoms with Gasteiger partial charge in [-0.2, -0.15) is 0 Å². The van der Waals surface area contributed by atoms with Crippen LogP contribution in [-0.2, 0) is 14.8 Å². The minimum absolute atomic E-state index is 0.0142. The smallest absolute Gasteiger partial charge is 0.222 e. The highest BCUT2D eigenvalue weighted by Gasteiger charge is 2.26. The van der Waals surface area contributed by atoms with Crippen molar-refractivity contribution in [3.05, 3.63) is 0 Å². The summed E-state index contributed by atoms with van der Waals surface area (Å²) >= 11 is 0. The van der Waals surface area contributed by atoms with Crippen LogP contribution in [0.4, 0.5) is 0 Å². The molecular weight excluding hydrogens is 302 g/mol. The number of amides is 1. The van der Waals surface area contributed by atoms with E-state index in [1.54, 1.807) is 0 Å². The predicted octanol–water partition coefficient (Wildman–Crippen LogP) is 0.697. The number of rotatable bonds is 7. The molecule has 1 amide bonds. The van der Waals surface area contributed by atoms with E-state index in [1.165, 1.54) is 6.42 Å². The lowest BCUT2D eigenvalue weighted by atomic mass is 10.0. The molecule has 6 nitrogen and oxygen atoms in total. The van der Waals surface area contributed by atoms with Gasteiger partial charge in [0.05, 0.1) is 5.75 Å². The van der Waals surface area contributed by atoms with Crippen LogP contribution in [0, 0.1) is 5.92 Å². The SMILES string of the molecule is CCCS(=O)(=O)NC1CCN(C(=O)CCC2CCNC2)CC1. The van der Waals surface area contributed by atoms with Crippen LogP contribution in [0.5, 0.6) is 0 Å². The van der Waals surface area contributed by atoms with E-state index < -0.39 is 10.0 Å². The third-order valence-corrected chi connectivity index (χ3v) is 6.23. The van der Waals surface area contributed by atoms with Crippen LogP contribution in [0.3, 0.4) is 0 Å². The van der Waals surface area contributed by atoms with Gasteiger partial charge in [0.1, 0.15) is 0 Å². The van der Waals surface area contributed by atoms with Crippen molar-refractivity contribution in [1.29, 1.82) is 0 Å². The summed E-state index contributed by atoms with van der Waals surface area (Å²) < 4.78 is 26.3. The van der Waals surface area contributed by atoms with Crippen LogP contribution in [0.15, 0.2) is 0 Å². The molecule has 2 aliphatic rings. The molecule has 1 unspecified atom stereocenters. The second kappa shape index (κ2) is 8.26. The minimum atomic E-state index is -3.15. The predicted molar refractivity (Wildman–Crippen MR) is 87.0 cm³/mol. The first kappa shape index (κ1) is 17.7. The summed E-state index contributed by atoms with van der Waals surface area (Å²) in [5, 5.41) is 3.32. The Kier molecular flexibility index (Phi) is 6.65. The molecule has 2 aliphatic heterocycles. The molecule has 0 radical (unpaired) electrons. The molecule has 2 N–H and O–H groups in total. The number of hydrogen-bond acceptors (Lipinski definition) is 4. The lowest BCUT2D eigenvalue weighted by molar-refractivity contribution is -0.132. The molecule has 0 spiro atoms. The number of nitrogens with one attached hydrogen (secondary N) is 2. The standard InChI is InChI=1S/C15H29N3O3S/c1-2-11-22(20,21)17-14-6-9-18(10-7-14)15(19)4-3-13-5-8-16-12-13/h13-14,16-17H,2-12H2,1H3. The average Bonchev–Trinajstić information content (AvgIpc) is 2.98. The molecule has 0 aromatic heterocycles. The number of hydrogen-bond donors (Lipinski definition) is 2. The number of nitrogens with zero attached hydrogens (tertiary/aromatic N) is 1. The zero-order valence-electron chi connectivity index (χ0n) is 13.5. The van der Waals surface area contributed by atoms with E-state index in [0.29, 0.717) is 31.8 Å². The Bertz CT molecular complexity index is 453. The van der Waals surface area contributed by atoms with Crippen molar-refractivity contribution in [1.82, 2.24) is 14.9 Å². The average molecular weight is 331 g/mol. The zero-order valence-corrected chi connectivity index (χ0v) is 14.3. The fourth-order valence-corrected chi connectivity index (χ4v) is 4.67.